The highest BCUT2D eigenvalue weighted by atomic mass is 19.1. The molecule has 0 bridgehead atoms. The highest BCUT2D eigenvalue weighted by Crippen LogP contribution is 2.31. The molecule has 0 aliphatic carbocycles. The number of H-pyrrole nitrogens is 1. The van der Waals surface area contributed by atoms with E-state index in [1.807, 2.05) is 54.7 Å². The number of urea groups is 1. The van der Waals surface area contributed by atoms with E-state index >= 15 is 0 Å². The number of aromatic amines is 1. The average molecular weight is 470 g/mol. The monoisotopic (exact) mass is 469 g/mol. The lowest BCUT2D eigenvalue weighted by atomic mass is 10.00. The molecule has 0 radical (unpaired) electrons. The van der Waals surface area contributed by atoms with Gasteiger partial charge in [-0.05, 0) is 47.9 Å². The SMILES string of the molecule is CC1(F)CN(C(=O)N2Cc3ccc(-c4nccc(Nc5ccc(-c6cn[nH]c6)cc5)n4)cc3C2)C1. The third-order valence-electron chi connectivity index (χ3n) is 6.41. The van der Waals surface area contributed by atoms with Gasteiger partial charge in [-0.3, -0.25) is 5.10 Å². The van der Waals surface area contributed by atoms with Crippen LogP contribution < -0.4 is 5.32 Å². The Morgan fingerprint density at radius 2 is 1.77 bits per heavy atom. The van der Waals surface area contributed by atoms with Gasteiger partial charge in [-0.2, -0.15) is 5.10 Å². The summed E-state index contributed by atoms with van der Waals surface area (Å²) >= 11 is 0. The molecule has 2 N–H and O–H groups in total. The Morgan fingerprint density at radius 1 is 1.00 bits per heavy atom. The highest BCUT2D eigenvalue weighted by Gasteiger charge is 2.43. The van der Waals surface area contributed by atoms with Crippen molar-refractivity contribution in [3.63, 3.8) is 0 Å². The minimum Gasteiger partial charge on any atom is -0.340 e. The first-order chi connectivity index (χ1) is 16.9. The second-order valence-corrected chi connectivity index (χ2v) is 9.35. The van der Waals surface area contributed by atoms with Crippen LogP contribution in [0.1, 0.15) is 18.1 Å². The van der Waals surface area contributed by atoms with E-state index in [4.69, 9.17) is 0 Å². The topological polar surface area (TPSA) is 90.0 Å². The maximum atomic E-state index is 13.8. The molecule has 2 amide bonds. The fraction of sp³-hybridized carbons (Fsp3) is 0.231. The van der Waals surface area contributed by atoms with Gasteiger partial charge in [-0.1, -0.05) is 24.3 Å². The molecule has 9 heteroatoms. The number of alkyl halides is 1. The van der Waals surface area contributed by atoms with Crippen molar-refractivity contribution >= 4 is 17.5 Å². The molecule has 6 rings (SSSR count). The van der Waals surface area contributed by atoms with Gasteiger partial charge in [0.05, 0.1) is 19.3 Å². The van der Waals surface area contributed by atoms with Crippen LogP contribution in [0.4, 0.5) is 20.7 Å². The molecular weight excluding hydrogens is 445 g/mol. The standard InChI is InChI=1S/C26H24FN7O/c1-26(27)15-34(16-26)25(35)33-13-19-3-2-18(10-20(19)14-33)24-28-9-8-23(32-24)31-22-6-4-17(5-7-22)21-11-29-30-12-21/h2-12H,13-16H2,1H3,(H,29,30)(H,28,31,32). The van der Waals surface area contributed by atoms with Crippen molar-refractivity contribution in [1.29, 1.82) is 0 Å². The molecule has 0 atom stereocenters. The molecule has 2 aliphatic heterocycles. The van der Waals surface area contributed by atoms with Gasteiger partial charge in [0.25, 0.3) is 0 Å². The lowest BCUT2D eigenvalue weighted by Gasteiger charge is -2.43. The van der Waals surface area contributed by atoms with Crippen LogP contribution in [0.3, 0.4) is 0 Å². The Labute approximate surface area is 201 Å². The summed E-state index contributed by atoms with van der Waals surface area (Å²) in [7, 11) is 0. The lowest BCUT2D eigenvalue weighted by Crippen LogP contribution is -2.61. The van der Waals surface area contributed by atoms with Crippen molar-refractivity contribution in [2.24, 2.45) is 0 Å². The maximum absolute atomic E-state index is 13.8. The van der Waals surface area contributed by atoms with Crippen LogP contribution in [0, 0.1) is 0 Å². The van der Waals surface area contributed by atoms with E-state index in [-0.39, 0.29) is 19.1 Å². The first kappa shape index (κ1) is 21.3. The Kier molecular flexibility index (Phi) is 4.98. The number of hydrogen-bond acceptors (Lipinski definition) is 5. The second-order valence-electron chi connectivity index (χ2n) is 9.35. The Morgan fingerprint density at radius 3 is 2.51 bits per heavy atom. The molecule has 2 aromatic carbocycles. The van der Waals surface area contributed by atoms with E-state index in [2.05, 4.69) is 25.5 Å². The number of aromatic nitrogens is 4. The van der Waals surface area contributed by atoms with Gasteiger partial charge < -0.3 is 15.1 Å². The first-order valence-electron chi connectivity index (χ1n) is 11.5. The number of likely N-dealkylation sites (tertiary alicyclic amines) is 1. The Bertz CT molecular complexity index is 1380. The molecule has 0 saturated carbocycles. The van der Waals surface area contributed by atoms with Crippen LogP contribution in [0.25, 0.3) is 22.5 Å². The number of hydrogen-bond donors (Lipinski definition) is 2. The molecule has 1 saturated heterocycles. The zero-order chi connectivity index (χ0) is 24.0. The summed E-state index contributed by atoms with van der Waals surface area (Å²) < 4.78 is 13.8. The predicted molar refractivity (Wildman–Crippen MR) is 131 cm³/mol. The molecule has 2 aromatic heterocycles. The number of amides is 2. The van der Waals surface area contributed by atoms with Gasteiger partial charge in [-0.25, -0.2) is 19.2 Å². The quantitative estimate of drug-likeness (QED) is 0.450. The normalized spacial score (nSPS) is 16.1. The van der Waals surface area contributed by atoms with Crippen LogP contribution in [-0.2, 0) is 13.1 Å². The summed E-state index contributed by atoms with van der Waals surface area (Å²) in [6, 6.07) is 15.8. The van der Waals surface area contributed by atoms with E-state index in [9.17, 15) is 9.18 Å². The van der Waals surface area contributed by atoms with E-state index < -0.39 is 5.67 Å². The fourth-order valence-electron chi connectivity index (χ4n) is 4.62. The molecule has 8 nitrogen and oxygen atoms in total. The minimum atomic E-state index is -1.27. The highest BCUT2D eigenvalue weighted by molar-refractivity contribution is 5.77. The summed E-state index contributed by atoms with van der Waals surface area (Å²) in [4.78, 5) is 25.2. The molecule has 2 aliphatic rings. The van der Waals surface area contributed by atoms with Gasteiger partial charge in [0.2, 0.25) is 0 Å². The van der Waals surface area contributed by atoms with Crippen molar-refractivity contribution in [3.8, 4) is 22.5 Å². The van der Waals surface area contributed by atoms with Gasteiger partial charge in [0.1, 0.15) is 11.5 Å². The molecule has 4 aromatic rings. The number of carbonyl (C=O) groups is 1. The van der Waals surface area contributed by atoms with E-state index in [0.29, 0.717) is 24.7 Å². The van der Waals surface area contributed by atoms with Gasteiger partial charge in [0, 0.05) is 42.3 Å². The van der Waals surface area contributed by atoms with Crippen molar-refractivity contribution in [1.82, 2.24) is 30.0 Å². The van der Waals surface area contributed by atoms with Crippen LogP contribution in [0.15, 0.2) is 67.1 Å². The largest absolute Gasteiger partial charge is 0.340 e. The number of benzene rings is 2. The number of anilines is 2. The summed E-state index contributed by atoms with van der Waals surface area (Å²) in [6.07, 6.45) is 5.37. The van der Waals surface area contributed by atoms with Crippen molar-refractivity contribution in [3.05, 3.63) is 78.2 Å². The number of rotatable bonds is 4. The summed E-state index contributed by atoms with van der Waals surface area (Å²) in [5.41, 5.74) is 4.80. The van der Waals surface area contributed by atoms with E-state index in [1.165, 1.54) is 6.92 Å². The Balaban J connectivity index is 1.15. The molecule has 0 unspecified atom stereocenters. The maximum Gasteiger partial charge on any atom is 0.320 e. The van der Waals surface area contributed by atoms with Crippen LogP contribution >= 0.6 is 0 Å². The molecule has 1 fully saturated rings. The van der Waals surface area contributed by atoms with Crippen LogP contribution in [-0.4, -0.2) is 54.8 Å². The van der Waals surface area contributed by atoms with Crippen molar-refractivity contribution < 1.29 is 9.18 Å². The summed E-state index contributed by atoms with van der Waals surface area (Å²) in [5.74, 6) is 1.30. The zero-order valence-corrected chi connectivity index (χ0v) is 19.2. The molecule has 0 spiro atoms. The van der Waals surface area contributed by atoms with Crippen LogP contribution in [0.2, 0.25) is 0 Å². The van der Waals surface area contributed by atoms with E-state index in [1.54, 1.807) is 22.2 Å². The number of fused-ring (bicyclic) bond motifs is 1. The number of halogens is 1. The second kappa shape index (κ2) is 8.19. The predicted octanol–water partition coefficient (Wildman–Crippen LogP) is 4.76. The Hall–Kier alpha value is -4.27. The number of nitrogens with one attached hydrogen (secondary N) is 2. The zero-order valence-electron chi connectivity index (χ0n) is 19.2. The molecular formula is C26H24FN7O. The summed E-state index contributed by atoms with van der Waals surface area (Å²) in [5, 5.41) is 10.1. The van der Waals surface area contributed by atoms with Crippen LogP contribution in [0.5, 0.6) is 0 Å². The third-order valence-corrected chi connectivity index (χ3v) is 6.41. The average Bonchev–Trinajstić information content (AvgIpc) is 3.52. The number of nitrogens with zero attached hydrogens (tertiary/aromatic N) is 5. The lowest BCUT2D eigenvalue weighted by molar-refractivity contribution is -0.00161. The van der Waals surface area contributed by atoms with Crippen molar-refractivity contribution in [2.75, 3.05) is 18.4 Å². The summed E-state index contributed by atoms with van der Waals surface area (Å²) in [6.45, 7) is 2.88. The molecule has 176 valence electrons. The first-order valence-corrected chi connectivity index (χ1v) is 11.5. The minimum absolute atomic E-state index is 0.112. The van der Waals surface area contributed by atoms with Gasteiger partial charge in [-0.15, -0.1) is 0 Å². The van der Waals surface area contributed by atoms with E-state index in [0.717, 1.165) is 33.5 Å². The smallest absolute Gasteiger partial charge is 0.320 e. The fourth-order valence-corrected chi connectivity index (χ4v) is 4.62. The van der Waals surface area contributed by atoms with Gasteiger partial charge >= 0.3 is 6.03 Å². The van der Waals surface area contributed by atoms with Gasteiger partial charge in [0.15, 0.2) is 5.82 Å². The third kappa shape index (κ3) is 4.21. The number of carbonyl (C=O) groups excluding carboxylic acids is 1. The van der Waals surface area contributed by atoms with Crippen molar-refractivity contribution in [2.45, 2.75) is 25.7 Å². The molecule has 35 heavy (non-hydrogen) atoms. The molecule has 4 heterocycles.